The van der Waals surface area contributed by atoms with Crippen LogP contribution in [0.5, 0.6) is 0 Å². The first-order valence-electron chi connectivity index (χ1n) is 9.49. The largest absolute Gasteiger partial charge is 0.377 e. The molecule has 25 heavy (non-hydrogen) atoms. The SMILES string of the molecule is CC1=C(C)C2Nc3c(C)c(C)c(C)c(C)c3C(C)=C(C)C2C(C)=C1C. The minimum Gasteiger partial charge on any atom is -0.377 e. The highest BCUT2D eigenvalue weighted by Gasteiger charge is 2.36. The van der Waals surface area contributed by atoms with E-state index in [0.717, 1.165) is 0 Å². The van der Waals surface area contributed by atoms with Crippen LogP contribution in [0.2, 0.25) is 0 Å². The minimum absolute atomic E-state index is 0.361. The van der Waals surface area contributed by atoms with Gasteiger partial charge in [0.25, 0.3) is 0 Å². The van der Waals surface area contributed by atoms with Gasteiger partial charge in [-0.05, 0) is 114 Å². The Bertz CT molecular complexity index is 874. The maximum absolute atomic E-state index is 4.00. The molecule has 1 heteroatoms. The third-order valence-electron chi connectivity index (χ3n) is 7.43. The molecule has 134 valence electrons. The molecule has 0 amide bonds. The van der Waals surface area contributed by atoms with Crippen LogP contribution in [0.15, 0.2) is 27.9 Å². The zero-order chi connectivity index (χ0) is 18.8. The molecule has 2 unspecified atom stereocenters. The fraction of sp³-hybridized carbons (Fsp3) is 0.500. The van der Waals surface area contributed by atoms with Gasteiger partial charge in [-0.25, -0.2) is 0 Å². The van der Waals surface area contributed by atoms with Crippen molar-refractivity contribution in [3.63, 3.8) is 0 Å². The van der Waals surface area contributed by atoms with E-state index in [2.05, 4.69) is 74.6 Å². The monoisotopic (exact) mass is 335 g/mol. The van der Waals surface area contributed by atoms with Gasteiger partial charge in [-0.3, -0.25) is 0 Å². The van der Waals surface area contributed by atoms with Crippen molar-refractivity contribution < 1.29 is 0 Å². The van der Waals surface area contributed by atoms with Gasteiger partial charge in [-0.2, -0.15) is 0 Å². The molecule has 1 aromatic carbocycles. The highest BCUT2D eigenvalue weighted by molar-refractivity contribution is 5.85. The molecule has 1 heterocycles. The van der Waals surface area contributed by atoms with Crippen molar-refractivity contribution in [3.8, 4) is 0 Å². The molecular formula is C24H33N. The van der Waals surface area contributed by atoms with Crippen molar-refractivity contribution in [2.75, 3.05) is 5.32 Å². The van der Waals surface area contributed by atoms with E-state index in [1.807, 2.05) is 0 Å². The van der Waals surface area contributed by atoms with Crippen molar-refractivity contribution in [1.29, 1.82) is 0 Å². The van der Waals surface area contributed by atoms with Gasteiger partial charge in [0.2, 0.25) is 0 Å². The Morgan fingerprint density at radius 3 is 1.60 bits per heavy atom. The average Bonchev–Trinajstić information content (AvgIpc) is 2.70. The lowest BCUT2D eigenvalue weighted by molar-refractivity contribution is 0.611. The Morgan fingerprint density at radius 1 is 0.520 bits per heavy atom. The van der Waals surface area contributed by atoms with Gasteiger partial charge < -0.3 is 5.32 Å². The standard InChI is InChI=1S/C24H33N/c1-11-13(3)19(9)23-21(15(11)5)17(7)18(8)22-16(6)12(2)14(4)20(10)24(22)25-23/h21,23,25H,1-10H3. The van der Waals surface area contributed by atoms with Crippen LogP contribution in [0.1, 0.15) is 69.4 Å². The van der Waals surface area contributed by atoms with Gasteiger partial charge in [0.15, 0.2) is 0 Å². The smallest absolute Gasteiger partial charge is 0.0579 e. The van der Waals surface area contributed by atoms with E-state index in [4.69, 9.17) is 0 Å². The summed E-state index contributed by atoms with van der Waals surface area (Å²) in [6.07, 6.45) is 0. The third kappa shape index (κ3) is 2.35. The van der Waals surface area contributed by atoms with Gasteiger partial charge in [-0.15, -0.1) is 0 Å². The van der Waals surface area contributed by atoms with E-state index in [1.165, 1.54) is 66.9 Å². The van der Waals surface area contributed by atoms with Crippen molar-refractivity contribution in [3.05, 3.63) is 55.7 Å². The molecule has 0 saturated heterocycles. The molecule has 0 bridgehead atoms. The first-order chi connectivity index (χ1) is 11.6. The van der Waals surface area contributed by atoms with Crippen LogP contribution in [0, 0.1) is 33.6 Å². The summed E-state index contributed by atoms with van der Waals surface area (Å²) in [6.45, 7) is 23.0. The van der Waals surface area contributed by atoms with Crippen LogP contribution in [0.25, 0.3) is 5.57 Å². The molecule has 1 aromatic rings. The van der Waals surface area contributed by atoms with E-state index < -0.39 is 0 Å². The normalized spacial score (nSPS) is 23.4. The second-order valence-electron chi connectivity index (χ2n) is 8.27. The first-order valence-corrected chi connectivity index (χ1v) is 9.49. The number of hydrogen-bond donors (Lipinski definition) is 1. The molecule has 1 aliphatic heterocycles. The summed E-state index contributed by atoms with van der Waals surface area (Å²) in [5.41, 5.74) is 17.4. The number of fused-ring (bicyclic) bond motifs is 2. The van der Waals surface area contributed by atoms with Gasteiger partial charge in [0.1, 0.15) is 0 Å². The number of rotatable bonds is 0. The van der Waals surface area contributed by atoms with Crippen LogP contribution in [0.4, 0.5) is 5.69 Å². The number of benzene rings is 1. The second-order valence-corrected chi connectivity index (χ2v) is 8.27. The van der Waals surface area contributed by atoms with Crippen LogP contribution < -0.4 is 5.32 Å². The van der Waals surface area contributed by atoms with E-state index >= 15 is 0 Å². The van der Waals surface area contributed by atoms with Crippen LogP contribution in [-0.4, -0.2) is 6.04 Å². The average molecular weight is 336 g/mol. The summed E-state index contributed by atoms with van der Waals surface area (Å²) < 4.78 is 0. The lowest BCUT2D eigenvalue weighted by Crippen LogP contribution is -2.35. The topological polar surface area (TPSA) is 12.0 Å². The molecule has 2 aliphatic rings. The molecule has 1 aliphatic carbocycles. The molecule has 0 spiro atoms. The Morgan fingerprint density at radius 2 is 1.00 bits per heavy atom. The zero-order valence-electron chi connectivity index (χ0n) is 17.7. The fourth-order valence-electron chi connectivity index (χ4n) is 4.87. The molecule has 3 rings (SSSR count). The lowest BCUT2D eigenvalue weighted by atomic mass is 9.73. The quantitative estimate of drug-likeness (QED) is 0.549. The predicted octanol–water partition coefficient (Wildman–Crippen LogP) is 6.81. The van der Waals surface area contributed by atoms with Gasteiger partial charge in [-0.1, -0.05) is 11.1 Å². The molecule has 1 nitrogen and oxygen atoms in total. The summed E-state index contributed by atoms with van der Waals surface area (Å²) in [5, 5.41) is 4.00. The number of hydrogen-bond acceptors (Lipinski definition) is 1. The molecule has 0 radical (unpaired) electrons. The Balaban J connectivity index is 2.38. The number of anilines is 1. The van der Waals surface area contributed by atoms with Gasteiger partial charge in [0.05, 0.1) is 6.04 Å². The molecule has 0 fully saturated rings. The van der Waals surface area contributed by atoms with E-state index in [-0.39, 0.29) is 0 Å². The molecular weight excluding hydrogens is 302 g/mol. The van der Waals surface area contributed by atoms with E-state index in [9.17, 15) is 0 Å². The van der Waals surface area contributed by atoms with Gasteiger partial charge in [0, 0.05) is 17.2 Å². The third-order valence-corrected chi connectivity index (χ3v) is 7.43. The van der Waals surface area contributed by atoms with Crippen LogP contribution >= 0.6 is 0 Å². The Hall–Kier alpha value is -1.76. The minimum atomic E-state index is 0.361. The summed E-state index contributed by atoms with van der Waals surface area (Å²) in [4.78, 5) is 0. The second kappa shape index (κ2) is 5.90. The lowest BCUT2D eigenvalue weighted by Gasteiger charge is -2.37. The summed E-state index contributed by atoms with van der Waals surface area (Å²) >= 11 is 0. The number of allylic oxidation sites excluding steroid dienone is 3. The van der Waals surface area contributed by atoms with Crippen molar-refractivity contribution in [2.24, 2.45) is 5.92 Å². The van der Waals surface area contributed by atoms with Crippen LogP contribution in [-0.2, 0) is 0 Å². The summed E-state index contributed by atoms with van der Waals surface area (Å²) in [7, 11) is 0. The highest BCUT2D eigenvalue weighted by atomic mass is 14.9. The van der Waals surface area contributed by atoms with Crippen molar-refractivity contribution in [1.82, 2.24) is 0 Å². The Labute approximate surface area is 153 Å². The van der Waals surface area contributed by atoms with Crippen molar-refractivity contribution >= 4 is 11.3 Å². The summed E-state index contributed by atoms with van der Waals surface area (Å²) in [5.74, 6) is 0.454. The first kappa shape index (κ1) is 18.0. The zero-order valence-corrected chi connectivity index (χ0v) is 17.7. The molecule has 1 N–H and O–H groups in total. The van der Waals surface area contributed by atoms with E-state index in [0.29, 0.717) is 12.0 Å². The number of nitrogens with one attached hydrogen (secondary N) is 1. The van der Waals surface area contributed by atoms with Crippen LogP contribution in [0.3, 0.4) is 0 Å². The summed E-state index contributed by atoms with van der Waals surface area (Å²) in [6, 6.07) is 0.361. The highest BCUT2D eigenvalue weighted by Crippen LogP contribution is 2.47. The Kier molecular flexibility index (Phi) is 4.26. The van der Waals surface area contributed by atoms with Gasteiger partial charge >= 0.3 is 0 Å². The fourth-order valence-corrected chi connectivity index (χ4v) is 4.87. The maximum atomic E-state index is 4.00. The van der Waals surface area contributed by atoms with E-state index in [1.54, 1.807) is 0 Å². The predicted molar refractivity (Wildman–Crippen MR) is 111 cm³/mol. The molecule has 0 saturated carbocycles. The molecule has 2 atom stereocenters. The maximum Gasteiger partial charge on any atom is 0.0579 e. The molecule has 0 aromatic heterocycles. The van der Waals surface area contributed by atoms with Crippen molar-refractivity contribution in [2.45, 2.75) is 75.3 Å².